The molecular weight excluding hydrogens is 284 g/mol. The molecule has 1 heterocycles. The van der Waals surface area contributed by atoms with Crippen LogP contribution in [-0.4, -0.2) is 21.3 Å². The Labute approximate surface area is 125 Å². The summed E-state index contributed by atoms with van der Waals surface area (Å²) in [6.07, 6.45) is 0. The van der Waals surface area contributed by atoms with Gasteiger partial charge >= 0.3 is 5.97 Å². The van der Waals surface area contributed by atoms with Crippen LogP contribution in [0, 0.1) is 6.92 Å². The summed E-state index contributed by atoms with van der Waals surface area (Å²) in [5, 5.41) is 20.3. The molecule has 4 nitrogen and oxygen atoms in total. The molecule has 0 atom stereocenters. The number of rotatable bonds is 3. The number of carboxylic acids is 1. The molecule has 0 saturated heterocycles. The van der Waals surface area contributed by atoms with Crippen LogP contribution < -0.4 is 0 Å². The highest BCUT2D eigenvalue weighted by molar-refractivity contribution is 7.99. The van der Waals surface area contributed by atoms with Gasteiger partial charge in [0.1, 0.15) is 5.03 Å². The van der Waals surface area contributed by atoms with Crippen molar-refractivity contribution in [3.05, 3.63) is 59.8 Å². The summed E-state index contributed by atoms with van der Waals surface area (Å²) in [6, 6.07) is 14.7. The second-order valence-electron chi connectivity index (χ2n) is 4.57. The Kier molecular flexibility index (Phi) is 3.58. The van der Waals surface area contributed by atoms with Gasteiger partial charge in [-0.1, -0.05) is 36.0 Å². The molecule has 0 aliphatic rings. The van der Waals surface area contributed by atoms with Crippen molar-refractivity contribution in [2.45, 2.75) is 16.8 Å². The molecule has 21 heavy (non-hydrogen) atoms. The van der Waals surface area contributed by atoms with Gasteiger partial charge in [0.25, 0.3) is 0 Å². The highest BCUT2D eigenvalue weighted by Gasteiger charge is 2.08. The van der Waals surface area contributed by atoms with Gasteiger partial charge in [0.05, 0.1) is 11.3 Å². The lowest BCUT2D eigenvalue weighted by Crippen LogP contribution is -1.95. The van der Waals surface area contributed by atoms with Crippen molar-refractivity contribution < 1.29 is 9.90 Å². The maximum atomic E-state index is 10.9. The van der Waals surface area contributed by atoms with E-state index >= 15 is 0 Å². The zero-order chi connectivity index (χ0) is 14.8. The third-order valence-corrected chi connectivity index (χ3v) is 4.16. The highest BCUT2D eigenvalue weighted by Crippen LogP contribution is 2.32. The molecule has 0 aliphatic carbocycles. The van der Waals surface area contributed by atoms with E-state index in [2.05, 4.69) is 10.2 Å². The van der Waals surface area contributed by atoms with Gasteiger partial charge in [-0.2, -0.15) is 5.10 Å². The smallest absolute Gasteiger partial charge is 0.335 e. The van der Waals surface area contributed by atoms with Crippen molar-refractivity contribution in [3.63, 3.8) is 0 Å². The number of hydrogen-bond acceptors (Lipinski definition) is 4. The molecule has 0 aliphatic heterocycles. The molecule has 1 N–H and O–H groups in total. The quantitative estimate of drug-likeness (QED) is 0.796. The number of carboxylic acid groups (broad SMARTS) is 1. The predicted octanol–water partition coefficient (Wildman–Crippen LogP) is 3.79. The van der Waals surface area contributed by atoms with Crippen molar-refractivity contribution in [3.8, 4) is 0 Å². The van der Waals surface area contributed by atoms with Gasteiger partial charge in [-0.15, -0.1) is 5.10 Å². The lowest BCUT2D eigenvalue weighted by molar-refractivity contribution is 0.0697. The number of aryl methyl sites for hydroxylation is 1. The lowest BCUT2D eigenvalue weighted by atomic mass is 10.1. The maximum Gasteiger partial charge on any atom is 0.335 e. The number of carbonyl (C=O) groups is 1. The van der Waals surface area contributed by atoms with Crippen LogP contribution in [0.25, 0.3) is 10.8 Å². The predicted molar refractivity (Wildman–Crippen MR) is 81.8 cm³/mol. The first kappa shape index (κ1) is 13.6. The van der Waals surface area contributed by atoms with Gasteiger partial charge in [0.2, 0.25) is 0 Å². The van der Waals surface area contributed by atoms with Crippen molar-refractivity contribution in [1.82, 2.24) is 10.2 Å². The normalized spacial score (nSPS) is 10.7. The summed E-state index contributed by atoms with van der Waals surface area (Å²) in [4.78, 5) is 11.8. The SMILES string of the molecule is Cc1nnc(Sc2ccc(C(=O)O)cc2)c2ccccc12. The Morgan fingerprint density at radius 1 is 1.00 bits per heavy atom. The molecule has 5 heteroatoms. The van der Waals surface area contributed by atoms with E-state index in [0.717, 1.165) is 26.4 Å². The number of fused-ring (bicyclic) bond motifs is 1. The Hall–Kier alpha value is -2.40. The van der Waals surface area contributed by atoms with Crippen molar-refractivity contribution in [2.75, 3.05) is 0 Å². The number of hydrogen-bond donors (Lipinski definition) is 1. The zero-order valence-electron chi connectivity index (χ0n) is 11.3. The molecule has 0 spiro atoms. The molecule has 3 aromatic rings. The molecule has 0 bridgehead atoms. The average Bonchev–Trinajstić information content (AvgIpc) is 2.51. The summed E-state index contributed by atoms with van der Waals surface area (Å²) in [5.74, 6) is -0.924. The third-order valence-electron chi connectivity index (χ3n) is 3.15. The Balaban J connectivity index is 1.98. The van der Waals surface area contributed by atoms with Crippen molar-refractivity contribution >= 4 is 28.5 Å². The molecular formula is C16H12N2O2S. The van der Waals surface area contributed by atoms with E-state index in [9.17, 15) is 4.79 Å². The molecule has 1 aromatic heterocycles. The van der Waals surface area contributed by atoms with E-state index in [1.807, 2.05) is 31.2 Å². The minimum absolute atomic E-state index is 0.277. The molecule has 3 rings (SSSR count). The largest absolute Gasteiger partial charge is 0.478 e. The minimum Gasteiger partial charge on any atom is -0.478 e. The topological polar surface area (TPSA) is 63.1 Å². The first-order chi connectivity index (χ1) is 10.1. The summed E-state index contributed by atoms with van der Waals surface area (Å²) < 4.78 is 0. The van der Waals surface area contributed by atoms with Gasteiger partial charge in [0.15, 0.2) is 0 Å². The van der Waals surface area contributed by atoms with Crippen LogP contribution >= 0.6 is 11.8 Å². The fourth-order valence-corrected chi connectivity index (χ4v) is 2.93. The van der Waals surface area contributed by atoms with Crippen molar-refractivity contribution in [1.29, 1.82) is 0 Å². The molecule has 2 aromatic carbocycles. The Bertz CT molecular complexity index is 816. The van der Waals surface area contributed by atoms with Crippen molar-refractivity contribution in [2.24, 2.45) is 0 Å². The van der Waals surface area contributed by atoms with Gasteiger partial charge in [-0.05, 0) is 31.2 Å². The van der Waals surface area contributed by atoms with E-state index in [1.54, 1.807) is 24.3 Å². The molecule has 0 saturated carbocycles. The summed E-state index contributed by atoms with van der Waals surface area (Å²) >= 11 is 1.48. The zero-order valence-corrected chi connectivity index (χ0v) is 12.1. The molecule has 0 radical (unpaired) electrons. The van der Waals surface area contributed by atoms with Gasteiger partial charge in [-0.25, -0.2) is 4.79 Å². The van der Waals surface area contributed by atoms with Gasteiger partial charge < -0.3 is 5.11 Å². The second-order valence-corrected chi connectivity index (χ2v) is 5.63. The average molecular weight is 296 g/mol. The minimum atomic E-state index is -0.924. The number of benzene rings is 2. The van der Waals surface area contributed by atoms with Crippen LogP contribution in [0.2, 0.25) is 0 Å². The standard InChI is InChI=1S/C16H12N2O2S/c1-10-13-4-2-3-5-14(13)15(18-17-10)21-12-8-6-11(7-9-12)16(19)20/h2-9H,1H3,(H,19,20). The van der Waals surface area contributed by atoms with Crippen LogP contribution in [-0.2, 0) is 0 Å². The number of aromatic carboxylic acids is 1. The van der Waals surface area contributed by atoms with E-state index in [1.165, 1.54) is 11.8 Å². The third kappa shape index (κ3) is 2.73. The van der Waals surface area contributed by atoms with Crippen LogP contribution in [0.5, 0.6) is 0 Å². The van der Waals surface area contributed by atoms with Crippen LogP contribution in [0.1, 0.15) is 16.1 Å². The second kappa shape index (κ2) is 5.54. The summed E-state index contributed by atoms with van der Waals surface area (Å²) in [6.45, 7) is 1.94. The molecule has 0 amide bonds. The molecule has 104 valence electrons. The first-order valence-electron chi connectivity index (χ1n) is 6.38. The number of aromatic nitrogens is 2. The molecule has 0 unspecified atom stereocenters. The maximum absolute atomic E-state index is 10.9. The lowest BCUT2D eigenvalue weighted by Gasteiger charge is -2.06. The van der Waals surface area contributed by atoms with Gasteiger partial charge in [0, 0.05) is 15.7 Å². The van der Waals surface area contributed by atoms with Crippen LogP contribution in [0.4, 0.5) is 0 Å². The summed E-state index contributed by atoms with van der Waals surface area (Å²) in [5.41, 5.74) is 1.18. The van der Waals surface area contributed by atoms with Crippen LogP contribution in [0.3, 0.4) is 0 Å². The molecule has 0 fully saturated rings. The Morgan fingerprint density at radius 2 is 1.67 bits per heavy atom. The van der Waals surface area contributed by atoms with E-state index in [0.29, 0.717) is 0 Å². The monoisotopic (exact) mass is 296 g/mol. The highest BCUT2D eigenvalue weighted by atomic mass is 32.2. The fourth-order valence-electron chi connectivity index (χ4n) is 2.07. The van der Waals surface area contributed by atoms with E-state index in [-0.39, 0.29) is 5.56 Å². The van der Waals surface area contributed by atoms with Gasteiger partial charge in [-0.3, -0.25) is 0 Å². The van der Waals surface area contributed by atoms with E-state index in [4.69, 9.17) is 5.11 Å². The van der Waals surface area contributed by atoms with Crippen LogP contribution in [0.15, 0.2) is 58.5 Å². The summed E-state index contributed by atoms with van der Waals surface area (Å²) in [7, 11) is 0. The fraction of sp³-hybridized carbons (Fsp3) is 0.0625. The van der Waals surface area contributed by atoms with E-state index < -0.39 is 5.97 Å². The first-order valence-corrected chi connectivity index (χ1v) is 7.20. The Morgan fingerprint density at radius 3 is 2.33 bits per heavy atom. The number of nitrogens with zero attached hydrogens (tertiary/aromatic N) is 2.